The Morgan fingerprint density at radius 1 is 0.724 bits per heavy atom. The lowest BCUT2D eigenvalue weighted by molar-refractivity contribution is -0.0808. The molecule has 0 aromatic rings. The summed E-state index contributed by atoms with van der Waals surface area (Å²) in [6.45, 7) is 2.26. The highest BCUT2D eigenvalue weighted by Crippen LogP contribution is 2.47. The maximum absolute atomic E-state index is 14.5. The quantitative estimate of drug-likeness (QED) is 0.310. The van der Waals surface area contributed by atoms with Crippen LogP contribution in [0.4, 0.5) is 22.0 Å². The van der Waals surface area contributed by atoms with Gasteiger partial charge in [-0.1, -0.05) is 38.7 Å². The highest BCUT2D eigenvalue weighted by Gasteiger charge is 2.42. The first-order chi connectivity index (χ1) is 13.8. The molecule has 3 rings (SSSR count). The molecule has 168 valence electrons. The van der Waals surface area contributed by atoms with Gasteiger partial charge < -0.3 is 0 Å². The summed E-state index contributed by atoms with van der Waals surface area (Å²) in [4.78, 5) is 0. The number of allylic oxidation sites excluding steroid dienone is 2. The summed E-state index contributed by atoms with van der Waals surface area (Å²) in [6, 6.07) is 0. The van der Waals surface area contributed by atoms with E-state index in [4.69, 9.17) is 0 Å². The van der Waals surface area contributed by atoms with Crippen molar-refractivity contribution in [1.29, 1.82) is 0 Å². The molecule has 3 aliphatic rings. The van der Waals surface area contributed by atoms with E-state index in [1.165, 1.54) is 38.5 Å². The monoisotopic (exact) mass is 420 g/mol. The Labute approximate surface area is 172 Å². The molecule has 0 aromatic carbocycles. The van der Waals surface area contributed by atoms with Gasteiger partial charge in [-0.25, -0.2) is 8.78 Å². The van der Waals surface area contributed by atoms with E-state index in [2.05, 4.69) is 6.92 Å². The van der Waals surface area contributed by atoms with Gasteiger partial charge in [0, 0.05) is 12.0 Å². The fraction of sp³-hybridized carbons (Fsp3) is 0.917. The van der Waals surface area contributed by atoms with Crippen LogP contribution >= 0.6 is 0 Å². The first-order valence-electron chi connectivity index (χ1n) is 11.8. The normalized spacial score (nSPS) is 42.3. The third-order valence-corrected chi connectivity index (χ3v) is 8.14. The minimum Gasteiger partial charge on any atom is -0.247 e. The molecule has 0 nitrogen and oxygen atoms in total. The van der Waals surface area contributed by atoms with E-state index in [-0.39, 0.29) is 24.8 Å². The lowest BCUT2D eigenvalue weighted by Gasteiger charge is -2.42. The molecule has 3 aliphatic carbocycles. The topological polar surface area (TPSA) is 0 Å². The van der Waals surface area contributed by atoms with Crippen molar-refractivity contribution in [2.24, 2.45) is 35.5 Å². The molecule has 0 radical (unpaired) electrons. The Hall–Kier alpha value is -0.610. The van der Waals surface area contributed by atoms with Crippen LogP contribution in [-0.4, -0.2) is 18.5 Å². The summed E-state index contributed by atoms with van der Waals surface area (Å²) in [5.74, 6) is 1.58. The van der Waals surface area contributed by atoms with Gasteiger partial charge in [0.1, 0.15) is 12.3 Å². The SMILES string of the molecule is CCCC1CCC(C2CCC(C3CC(F)C(/C=C/C(F)(F)F)C(F)C3)CC2)CC1. The van der Waals surface area contributed by atoms with Crippen LogP contribution in [-0.2, 0) is 0 Å². The van der Waals surface area contributed by atoms with E-state index in [1.807, 2.05) is 0 Å². The van der Waals surface area contributed by atoms with Crippen molar-refractivity contribution in [3.8, 4) is 0 Å². The first kappa shape index (κ1) is 23.1. The second-order valence-corrected chi connectivity index (χ2v) is 9.99. The number of hydrogen-bond donors (Lipinski definition) is 0. The zero-order valence-electron chi connectivity index (χ0n) is 17.6. The van der Waals surface area contributed by atoms with Gasteiger partial charge in [0.2, 0.25) is 0 Å². The molecule has 0 heterocycles. The van der Waals surface area contributed by atoms with Gasteiger partial charge in [0.15, 0.2) is 0 Å². The lowest BCUT2D eigenvalue weighted by Crippen LogP contribution is -2.38. The van der Waals surface area contributed by atoms with Crippen molar-refractivity contribution in [3.05, 3.63) is 12.2 Å². The largest absolute Gasteiger partial charge is 0.409 e. The van der Waals surface area contributed by atoms with Crippen molar-refractivity contribution in [1.82, 2.24) is 0 Å². The van der Waals surface area contributed by atoms with Crippen molar-refractivity contribution >= 4 is 0 Å². The molecule has 0 saturated heterocycles. The summed E-state index contributed by atoms with van der Waals surface area (Å²) < 4.78 is 66.0. The van der Waals surface area contributed by atoms with Gasteiger partial charge in [0.05, 0.1) is 0 Å². The molecule has 0 N–H and O–H groups in total. The average Bonchev–Trinajstić information content (AvgIpc) is 2.67. The van der Waals surface area contributed by atoms with Gasteiger partial charge >= 0.3 is 6.18 Å². The summed E-state index contributed by atoms with van der Waals surface area (Å²) in [7, 11) is 0. The molecule has 5 heteroatoms. The second-order valence-electron chi connectivity index (χ2n) is 9.99. The predicted molar refractivity (Wildman–Crippen MR) is 107 cm³/mol. The Bertz CT molecular complexity index is 500. The van der Waals surface area contributed by atoms with Crippen LogP contribution in [0.5, 0.6) is 0 Å². The highest BCUT2D eigenvalue weighted by atomic mass is 19.4. The molecule has 2 unspecified atom stereocenters. The van der Waals surface area contributed by atoms with Crippen LogP contribution < -0.4 is 0 Å². The number of rotatable bonds is 5. The lowest BCUT2D eigenvalue weighted by atomic mass is 9.64. The van der Waals surface area contributed by atoms with Gasteiger partial charge in [-0.15, -0.1) is 0 Å². The third kappa shape index (κ3) is 6.43. The smallest absolute Gasteiger partial charge is 0.247 e. The van der Waals surface area contributed by atoms with Crippen molar-refractivity contribution in [2.45, 2.75) is 102 Å². The highest BCUT2D eigenvalue weighted by molar-refractivity contribution is 5.03. The molecule has 0 aromatic heterocycles. The second kappa shape index (κ2) is 10.1. The minimum absolute atomic E-state index is 0.00238. The zero-order valence-corrected chi connectivity index (χ0v) is 17.6. The van der Waals surface area contributed by atoms with Crippen LogP contribution in [0, 0.1) is 35.5 Å². The first-order valence-corrected chi connectivity index (χ1v) is 11.8. The fourth-order valence-corrected chi connectivity index (χ4v) is 6.51. The van der Waals surface area contributed by atoms with Crippen molar-refractivity contribution in [3.63, 3.8) is 0 Å². The fourth-order valence-electron chi connectivity index (χ4n) is 6.51. The maximum atomic E-state index is 14.5. The van der Waals surface area contributed by atoms with Crippen LogP contribution in [0.1, 0.15) is 84.0 Å². The molecule has 0 spiro atoms. The Kier molecular flexibility index (Phi) is 8.06. The molecule has 0 aliphatic heterocycles. The number of hydrogen-bond acceptors (Lipinski definition) is 0. The van der Waals surface area contributed by atoms with E-state index in [0.29, 0.717) is 12.0 Å². The van der Waals surface area contributed by atoms with Gasteiger partial charge in [-0.2, -0.15) is 13.2 Å². The minimum atomic E-state index is -4.51. The van der Waals surface area contributed by atoms with Gasteiger partial charge in [0.25, 0.3) is 0 Å². The molecule has 0 amide bonds. The summed E-state index contributed by atoms with van der Waals surface area (Å²) in [5.41, 5.74) is 0. The van der Waals surface area contributed by atoms with E-state index < -0.39 is 24.4 Å². The third-order valence-electron chi connectivity index (χ3n) is 8.14. The van der Waals surface area contributed by atoms with E-state index in [9.17, 15) is 22.0 Å². The van der Waals surface area contributed by atoms with Crippen LogP contribution in [0.25, 0.3) is 0 Å². The van der Waals surface area contributed by atoms with Crippen molar-refractivity contribution < 1.29 is 22.0 Å². The van der Waals surface area contributed by atoms with Gasteiger partial charge in [-0.3, -0.25) is 0 Å². The standard InChI is InChI=1S/C24H37F5/c1-2-3-16-4-6-17(7-5-16)18-8-10-19(11-9-18)20-14-22(25)21(23(26)15-20)12-13-24(27,28)29/h12-13,16-23H,2-11,14-15H2,1H3/b13-12+. The molecule has 2 atom stereocenters. The Morgan fingerprint density at radius 3 is 1.62 bits per heavy atom. The molecular formula is C24H37F5. The van der Waals surface area contributed by atoms with Crippen LogP contribution in [0.15, 0.2) is 12.2 Å². The number of alkyl halides is 5. The Balaban J connectivity index is 1.45. The molecule has 3 fully saturated rings. The van der Waals surface area contributed by atoms with E-state index in [0.717, 1.165) is 43.4 Å². The molecule has 0 bridgehead atoms. The predicted octanol–water partition coefficient (Wildman–Crippen LogP) is 8.22. The average molecular weight is 421 g/mol. The summed E-state index contributed by atoms with van der Waals surface area (Å²) in [6.07, 6.45) is 6.05. The van der Waals surface area contributed by atoms with Crippen LogP contribution in [0.2, 0.25) is 0 Å². The molecular weight excluding hydrogens is 383 g/mol. The summed E-state index contributed by atoms with van der Waals surface area (Å²) in [5, 5.41) is 0. The van der Waals surface area contributed by atoms with Crippen molar-refractivity contribution in [2.75, 3.05) is 0 Å². The van der Waals surface area contributed by atoms with Gasteiger partial charge in [-0.05, 0) is 81.0 Å². The molecule has 29 heavy (non-hydrogen) atoms. The van der Waals surface area contributed by atoms with Crippen LogP contribution in [0.3, 0.4) is 0 Å². The molecule has 3 saturated carbocycles. The summed E-state index contributed by atoms with van der Waals surface area (Å²) >= 11 is 0. The van der Waals surface area contributed by atoms with E-state index >= 15 is 0 Å². The van der Waals surface area contributed by atoms with E-state index in [1.54, 1.807) is 0 Å². The maximum Gasteiger partial charge on any atom is 0.409 e. The zero-order chi connectivity index (χ0) is 21.0. The Morgan fingerprint density at radius 2 is 1.17 bits per heavy atom. The number of halogens is 5.